The summed E-state index contributed by atoms with van der Waals surface area (Å²) in [7, 11) is 1.81. The first-order valence-corrected chi connectivity index (χ1v) is 4.63. The average Bonchev–Trinajstić information content (AvgIpc) is 2.17. The van der Waals surface area contributed by atoms with E-state index in [-0.39, 0.29) is 6.61 Å². The van der Waals surface area contributed by atoms with Gasteiger partial charge in [-0.15, -0.1) is 0 Å². The molecule has 0 amide bonds. The molecular weight excluding hydrogens is 202 g/mol. The SMILES string of the molecule is CN(CCO)c1ccc(Cl)cc1C=O. The number of carbonyl (C=O) groups is 1. The third kappa shape index (κ3) is 2.47. The van der Waals surface area contributed by atoms with E-state index >= 15 is 0 Å². The molecule has 0 aliphatic carbocycles. The van der Waals surface area contributed by atoms with Crippen LogP contribution in [0.25, 0.3) is 0 Å². The van der Waals surface area contributed by atoms with E-state index in [1.165, 1.54) is 0 Å². The number of benzene rings is 1. The predicted molar refractivity (Wildman–Crippen MR) is 57.2 cm³/mol. The normalized spacial score (nSPS) is 9.93. The Morgan fingerprint density at radius 1 is 1.57 bits per heavy atom. The first kappa shape index (κ1) is 11.0. The lowest BCUT2D eigenvalue weighted by atomic mass is 10.2. The summed E-state index contributed by atoms with van der Waals surface area (Å²) in [5.41, 5.74) is 1.31. The van der Waals surface area contributed by atoms with Crippen LogP contribution in [0.1, 0.15) is 10.4 Å². The summed E-state index contributed by atoms with van der Waals surface area (Å²) < 4.78 is 0. The summed E-state index contributed by atoms with van der Waals surface area (Å²) in [5, 5.41) is 9.30. The van der Waals surface area contributed by atoms with Gasteiger partial charge in [-0.25, -0.2) is 0 Å². The molecule has 0 fully saturated rings. The second-order valence-electron chi connectivity index (χ2n) is 2.97. The number of aliphatic hydroxyl groups is 1. The number of anilines is 1. The van der Waals surface area contributed by atoms with Crippen molar-refractivity contribution in [3.63, 3.8) is 0 Å². The molecule has 1 rings (SSSR count). The Morgan fingerprint density at radius 2 is 2.29 bits per heavy atom. The predicted octanol–water partition coefficient (Wildman–Crippen LogP) is 1.58. The second-order valence-corrected chi connectivity index (χ2v) is 3.40. The van der Waals surface area contributed by atoms with Crippen LogP contribution in [0.15, 0.2) is 18.2 Å². The summed E-state index contributed by atoms with van der Waals surface area (Å²) in [4.78, 5) is 12.5. The fourth-order valence-electron chi connectivity index (χ4n) is 1.24. The number of rotatable bonds is 4. The van der Waals surface area contributed by atoms with Gasteiger partial charge in [0.25, 0.3) is 0 Å². The highest BCUT2D eigenvalue weighted by Gasteiger charge is 2.06. The molecule has 0 heterocycles. The van der Waals surface area contributed by atoms with Gasteiger partial charge in [-0.3, -0.25) is 4.79 Å². The van der Waals surface area contributed by atoms with Crippen molar-refractivity contribution in [3.05, 3.63) is 28.8 Å². The number of hydrogen-bond acceptors (Lipinski definition) is 3. The molecule has 0 saturated carbocycles. The van der Waals surface area contributed by atoms with Crippen LogP contribution < -0.4 is 4.90 Å². The first-order chi connectivity index (χ1) is 6.69. The van der Waals surface area contributed by atoms with Crippen LogP contribution in [0.5, 0.6) is 0 Å². The van der Waals surface area contributed by atoms with Crippen LogP contribution in [-0.4, -0.2) is 31.6 Å². The van der Waals surface area contributed by atoms with Gasteiger partial charge in [-0.05, 0) is 18.2 Å². The van der Waals surface area contributed by atoms with Crippen molar-refractivity contribution in [3.8, 4) is 0 Å². The van der Waals surface area contributed by atoms with E-state index in [2.05, 4.69) is 0 Å². The molecule has 0 unspecified atom stereocenters. The quantitative estimate of drug-likeness (QED) is 0.773. The summed E-state index contributed by atoms with van der Waals surface area (Å²) >= 11 is 5.75. The van der Waals surface area contributed by atoms with Crippen LogP contribution in [0.2, 0.25) is 5.02 Å². The van der Waals surface area contributed by atoms with Crippen molar-refractivity contribution < 1.29 is 9.90 Å². The summed E-state index contributed by atoms with van der Waals surface area (Å²) in [5.74, 6) is 0. The van der Waals surface area contributed by atoms with Crippen molar-refractivity contribution in [1.29, 1.82) is 0 Å². The molecule has 76 valence electrons. The highest BCUT2D eigenvalue weighted by atomic mass is 35.5. The number of halogens is 1. The Balaban J connectivity index is 3.01. The van der Waals surface area contributed by atoms with Gasteiger partial charge in [0.2, 0.25) is 0 Å². The van der Waals surface area contributed by atoms with Gasteiger partial charge in [-0.2, -0.15) is 0 Å². The number of aliphatic hydroxyl groups excluding tert-OH is 1. The van der Waals surface area contributed by atoms with Crippen molar-refractivity contribution >= 4 is 23.6 Å². The maximum Gasteiger partial charge on any atom is 0.152 e. The second kappa shape index (κ2) is 4.98. The Hall–Kier alpha value is -1.06. The van der Waals surface area contributed by atoms with Crippen LogP contribution in [-0.2, 0) is 0 Å². The largest absolute Gasteiger partial charge is 0.395 e. The van der Waals surface area contributed by atoms with E-state index in [9.17, 15) is 4.79 Å². The van der Waals surface area contributed by atoms with Gasteiger partial charge in [0.05, 0.1) is 6.61 Å². The average molecular weight is 214 g/mol. The van der Waals surface area contributed by atoms with Crippen LogP contribution in [0.3, 0.4) is 0 Å². The maximum atomic E-state index is 10.7. The van der Waals surface area contributed by atoms with Crippen LogP contribution in [0.4, 0.5) is 5.69 Å². The van der Waals surface area contributed by atoms with Crippen molar-refractivity contribution in [2.75, 3.05) is 25.1 Å². The van der Waals surface area contributed by atoms with Crippen molar-refractivity contribution in [2.45, 2.75) is 0 Å². The molecule has 3 nitrogen and oxygen atoms in total. The monoisotopic (exact) mass is 213 g/mol. The smallest absolute Gasteiger partial charge is 0.152 e. The zero-order valence-electron chi connectivity index (χ0n) is 7.90. The number of aldehydes is 1. The zero-order valence-corrected chi connectivity index (χ0v) is 8.66. The topological polar surface area (TPSA) is 40.5 Å². The zero-order chi connectivity index (χ0) is 10.6. The van der Waals surface area contributed by atoms with E-state index in [1.807, 2.05) is 7.05 Å². The van der Waals surface area contributed by atoms with E-state index in [0.717, 1.165) is 12.0 Å². The molecule has 0 aliphatic rings. The highest BCUT2D eigenvalue weighted by Crippen LogP contribution is 2.21. The Labute approximate surface area is 87.9 Å². The number of hydrogen-bond donors (Lipinski definition) is 1. The highest BCUT2D eigenvalue weighted by molar-refractivity contribution is 6.31. The number of likely N-dealkylation sites (N-methyl/N-ethyl adjacent to an activating group) is 1. The standard InChI is InChI=1S/C10H12ClNO2/c1-12(4-5-13)10-3-2-9(11)6-8(10)7-14/h2-3,6-7,13H,4-5H2,1H3. The van der Waals surface area contributed by atoms with Gasteiger partial charge >= 0.3 is 0 Å². The third-order valence-corrected chi connectivity index (χ3v) is 2.20. The summed E-state index contributed by atoms with van der Waals surface area (Å²) in [6.07, 6.45) is 0.759. The van der Waals surface area contributed by atoms with E-state index in [1.54, 1.807) is 23.1 Å². The number of nitrogens with zero attached hydrogens (tertiary/aromatic N) is 1. The van der Waals surface area contributed by atoms with Crippen LogP contribution >= 0.6 is 11.6 Å². The minimum Gasteiger partial charge on any atom is -0.395 e. The Morgan fingerprint density at radius 3 is 2.86 bits per heavy atom. The lowest BCUT2D eigenvalue weighted by Crippen LogP contribution is -2.22. The molecule has 0 aliphatic heterocycles. The molecule has 4 heteroatoms. The summed E-state index contributed by atoms with van der Waals surface area (Å²) in [6, 6.07) is 5.09. The molecular formula is C10H12ClNO2. The Kier molecular flexibility index (Phi) is 3.92. The van der Waals surface area contributed by atoms with Gasteiger partial charge in [-0.1, -0.05) is 11.6 Å². The van der Waals surface area contributed by atoms with E-state index in [0.29, 0.717) is 17.1 Å². The van der Waals surface area contributed by atoms with E-state index in [4.69, 9.17) is 16.7 Å². The number of carbonyl (C=O) groups excluding carboxylic acids is 1. The molecule has 14 heavy (non-hydrogen) atoms. The molecule has 0 aromatic heterocycles. The Bertz CT molecular complexity index is 328. The molecule has 1 N–H and O–H groups in total. The molecule has 0 saturated heterocycles. The lowest BCUT2D eigenvalue weighted by Gasteiger charge is -2.19. The van der Waals surface area contributed by atoms with Crippen molar-refractivity contribution in [2.24, 2.45) is 0 Å². The minimum absolute atomic E-state index is 0.0530. The molecule has 0 spiro atoms. The fourth-order valence-corrected chi connectivity index (χ4v) is 1.42. The van der Waals surface area contributed by atoms with Gasteiger partial charge in [0, 0.05) is 29.9 Å². The first-order valence-electron chi connectivity index (χ1n) is 4.25. The van der Waals surface area contributed by atoms with Gasteiger partial charge in [0.1, 0.15) is 0 Å². The minimum atomic E-state index is 0.0530. The summed E-state index contributed by atoms with van der Waals surface area (Å²) in [6.45, 7) is 0.542. The lowest BCUT2D eigenvalue weighted by molar-refractivity contribution is 0.112. The molecule has 1 aromatic carbocycles. The molecule has 0 bridgehead atoms. The van der Waals surface area contributed by atoms with Crippen molar-refractivity contribution in [1.82, 2.24) is 0 Å². The maximum absolute atomic E-state index is 10.7. The third-order valence-electron chi connectivity index (χ3n) is 1.96. The van der Waals surface area contributed by atoms with E-state index < -0.39 is 0 Å². The molecule has 0 radical (unpaired) electrons. The van der Waals surface area contributed by atoms with Gasteiger partial charge < -0.3 is 10.0 Å². The fraction of sp³-hybridized carbons (Fsp3) is 0.300. The van der Waals surface area contributed by atoms with Gasteiger partial charge in [0.15, 0.2) is 6.29 Å². The van der Waals surface area contributed by atoms with Crippen LogP contribution in [0, 0.1) is 0 Å². The molecule has 1 aromatic rings. The molecule has 0 atom stereocenters.